The number of carbonyl (C=O) groups excluding carboxylic acids is 2. The number of aliphatic hydroxyl groups is 1. The van der Waals surface area contributed by atoms with Crippen molar-refractivity contribution in [3.63, 3.8) is 0 Å². The van der Waals surface area contributed by atoms with Crippen molar-refractivity contribution in [2.75, 3.05) is 13.2 Å². The van der Waals surface area contributed by atoms with E-state index in [4.69, 9.17) is 9.47 Å². The van der Waals surface area contributed by atoms with Gasteiger partial charge in [0.2, 0.25) is 0 Å². The van der Waals surface area contributed by atoms with Crippen LogP contribution in [-0.2, 0) is 19.1 Å². The maximum Gasteiger partial charge on any atom is 0.306 e. The van der Waals surface area contributed by atoms with E-state index < -0.39 is 6.10 Å². The molecule has 0 radical (unpaired) electrons. The highest BCUT2D eigenvalue weighted by atomic mass is 16.6. The predicted octanol–water partition coefficient (Wildman–Crippen LogP) is 24.0. The van der Waals surface area contributed by atoms with Crippen LogP contribution in [-0.4, -0.2) is 36.4 Å². The Morgan fingerprint density at radius 2 is 0.488 bits per heavy atom. The molecule has 0 saturated heterocycles. The zero-order valence-corrected chi connectivity index (χ0v) is 53.8. The van der Waals surface area contributed by atoms with Crippen LogP contribution in [0.2, 0.25) is 0 Å². The van der Waals surface area contributed by atoms with E-state index in [0.717, 1.165) is 128 Å². The summed E-state index contributed by atoms with van der Waals surface area (Å²) >= 11 is 0. The van der Waals surface area contributed by atoms with Gasteiger partial charge in [0.25, 0.3) is 0 Å². The van der Waals surface area contributed by atoms with E-state index in [0.29, 0.717) is 12.8 Å². The first kappa shape index (κ1) is 78.7. The molecule has 470 valence electrons. The number of carbonyl (C=O) groups is 2. The van der Waals surface area contributed by atoms with Gasteiger partial charge in [-0.1, -0.05) is 317 Å². The normalized spacial score (nSPS) is 13.5. The zero-order valence-electron chi connectivity index (χ0n) is 53.8. The Labute approximate surface area is 518 Å². The van der Waals surface area contributed by atoms with E-state index in [2.05, 4.69) is 208 Å². The van der Waals surface area contributed by atoms with E-state index in [9.17, 15) is 14.7 Å². The van der Waals surface area contributed by atoms with Crippen LogP contribution in [0.1, 0.15) is 271 Å². The van der Waals surface area contributed by atoms with Crippen LogP contribution in [0.4, 0.5) is 0 Å². The summed E-state index contributed by atoms with van der Waals surface area (Å²) in [5, 5.41) is 9.68. The molecule has 0 aliphatic carbocycles. The van der Waals surface area contributed by atoms with Crippen molar-refractivity contribution < 1.29 is 24.2 Å². The summed E-state index contributed by atoms with van der Waals surface area (Å²) in [5.41, 5.74) is 0. The Balaban J connectivity index is 3.58. The number of hydrogen-bond donors (Lipinski definition) is 1. The number of esters is 2. The summed E-state index contributed by atoms with van der Waals surface area (Å²) in [6.45, 7) is 3.86. The summed E-state index contributed by atoms with van der Waals surface area (Å²) in [6.07, 6.45) is 114. The molecule has 84 heavy (non-hydrogen) atoms. The largest absolute Gasteiger partial charge is 0.462 e. The van der Waals surface area contributed by atoms with Crippen LogP contribution in [0, 0.1) is 0 Å². The number of rotatable bonds is 60. The summed E-state index contributed by atoms with van der Waals surface area (Å²) in [5.74, 6) is -0.667. The van der Waals surface area contributed by atoms with Gasteiger partial charge in [0.15, 0.2) is 6.10 Å². The van der Waals surface area contributed by atoms with Crippen molar-refractivity contribution in [1.82, 2.24) is 0 Å². The second-order valence-corrected chi connectivity index (χ2v) is 21.8. The van der Waals surface area contributed by atoms with Gasteiger partial charge in [-0.3, -0.25) is 9.59 Å². The van der Waals surface area contributed by atoms with Crippen molar-refractivity contribution in [3.8, 4) is 0 Å². The lowest BCUT2D eigenvalue weighted by atomic mass is 10.0. The molecule has 0 rings (SSSR count). The van der Waals surface area contributed by atoms with E-state index >= 15 is 0 Å². The first-order chi connectivity index (χ1) is 41.6. The van der Waals surface area contributed by atoms with Gasteiger partial charge in [-0.2, -0.15) is 0 Å². The number of allylic oxidation sites excluding steroid dienone is 32. The highest BCUT2D eigenvalue weighted by Crippen LogP contribution is 2.16. The third kappa shape index (κ3) is 69.2. The number of ether oxygens (including phenoxy) is 2. The van der Waals surface area contributed by atoms with Gasteiger partial charge in [0.05, 0.1) is 6.61 Å². The summed E-state index contributed by atoms with van der Waals surface area (Å²) in [6, 6.07) is 0. The molecule has 1 unspecified atom stereocenters. The molecule has 5 nitrogen and oxygen atoms in total. The summed E-state index contributed by atoms with van der Waals surface area (Å²) in [4.78, 5) is 24.6. The van der Waals surface area contributed by atoms with Crippen molar-refractivity contribution in [2.24, 2.45) is 0 Å². The average molecular weight is 1150 g/mol. The van der Waals surface area contributed by atoms with Gasteiger partial charge in [-0.15, -0.1) is 0 Å². The van der Waals surface area contributed by atoms with Gasteiger partial charge in [-0.25, -0.2) is 0 Å². The molecule has 0 aromatic heterocycles. The second-order valence-electron chi connectivity index (χ2n) is 21.8. The van der Waals surface area contributed by atoms with Crippen LogP contribution >= 0.6 is 0 Å². The third-order valence-electron chi connectivity index (χ3n) is 13.9. The maximum absolute atomic E-state index is 12.3. The Morgan fingerprint density at radius 3 is 0.750 bits per heavy atom. The van der Waals surface area contributed by atoms with Crippen LogP contribution in [0.5, 0.6) is 0 Å². The Kier molecular flexibility index (Phi) is 67.5. The van der Waals surface area contributed by atoms with Crippen molar-refractivity contribution in [2.45, 2.75) is 277 Å². The molecule has 0 aromatic rings. The number of aliphatic hydroxyl groups excluding tert-OH is 1. The molecule has 1 atom stereocenters. The van der Waals surface area contributed by atoms with Gasteiger partial charge >= 0.3 is 11.9 Å². The molecular formula is C79H124O5. The quantitative estimate of drug-likeness (QED) is 0.0373. The van der Waals surface area contributed by atoms with Gasteiger partial charge in [0.1, 0.15) is 6.61 Å². The summed E-state index contributed by atoms with van der Waals surface area (Å²) in [7, 11) is 0. The first-order valence-corrected chi connectivity index (χ1v) is 34.0. The van der Waals surface area contributed by atoms with E-state index in [1.165, 1.54) is 109 Å². The molecule has 0 aliphatic rings. The molecule has 0 spiro atoms. The Hall–Kier alpha value is -5.26. The smallest absolute Gasteiger partial charge is 0.306 e. The fraction of sp³-hybridized carbons (Fsp3) is 0.570. The van der Waals surface area contributed by atoms with Gasteiger partial charge in [-0.05, 0) is 135 Å². The lowest BCUT2D eigenvalue weighted by Gasteiger charge is -2.15. The Bertz CT molecular complexity index is 1930. The second kappa shape index (κ2) is 72.0. The van der Waals surface area contributed by atoms with Crippen molar-refractivity contribution in [3.05, 3.63) is 194 Å². The van der Waals surface area contributed by atoms with Crippen molar-refractivity contribution in [1.29, 1.82) is 0 Å². The molecule has 0 aromatic carbocycles. The SMILES string of the molecule is CC/C=C\C/C=C\C/C=C\C/C=C\C/C=C\C/C=C\C/C=C\C/C=C\C/C=C\CCCC(=O)OC(CO)COC(=O)CCCCCCCCCCCCCCCCCCCCC/C=C\C/C=C\C/C=C\C/C=C\C/C=C\C/C=C\C/C=C\CC. The molecule has 1 N–H and O–H groups in total. The highest BCUT2D eigenvalue weighted by molar-refractivity contribution is 5.70. The number of hydrogen-bond acceptors (Lipinski definition) is 5. The highest BCUT2D eigenvalue weighted by Gasteiger charge is 2.16. The van der Waals surface area contributed by atoms with Crippen LogP contribution in [0.15, 0.2) is 194 Å². The predicted molar refractivity (Wildman–Crippen MR) is 370 cm³/mol. The topological polar surface area (TPSA) is 72.8 Å². The molecule has 0 heterocycles. The lowest BCUT2D eigenvalue weighted by Crippen LogP contribution is -2.28. The van der Waals surface area contributed by atoms with Crippen LogP contribution in [0.3, 0.4) is 0 Å². The van der Waals surface area contributed by atoms with Crippen LogP contribution in [0.25, 0.3) is 0 Å². The average Bonchev–Trinajstić information content (AvgIpc) is 3.51. The molecule has 0 fully saturated rings. The monoisotopic (exact) mass is 1150 g/mol. The zero-order chi connectivity index (χ0) is 60.5. The van der Waals surface area contributed by atoms with E-state index in [1.807, 2.05) is 0 Å². The minimum atomic E-state index is -0.817. The van der Waals surface area contributed by atoms with Gasteiger partial charge in [0, 0.05) is 12.8 Å². The molecular weight excluding hydrogens is 1030 g/mol. The fourth-order valence-electron chi connectivity index (χ4n) is 8.89. The molecule has 0 bridgehead atoms. The maximum atomic E-state index is 12.3. The fourth-order valence-corrected chi connectivity index (χ4v) is 8.89. The van der Waals surface area contributed by atoms with Crippen LogP contribution < -0.4 is 0 Å². The van der Waals surface area contributed by atoms with E-state index in [-0.39, 0.29) is 31.6 Å². The van der Waals surface area contributed by atoms with Gasteiger partial charge < -0.3 is 14.6 Å². The lowest BCUT2D eigenvalue weighted by molar-refractivity contribution is -0.161. The molecule has 0 aliphatic heterocycles. The standard InChI is InChI=1S/C79H124O5/c1-3-5-7-9-11-13-15-17-19-21-23-25-27-29-31-33-34-35-36-37-38-39-40-41-42-43-44-46-47-49-51-53-55-57-59-61-63-65-67-69-71-73-78(81)83-76-77(75-80)84-79(82)74-72-70-68-66-64-62-60-58-56-54-52-50-48-45-32-30-28-26-24-22-20-18-16-14-12-10-8-6-4-2/h5-8,11-14,17-20,23-26,29-32,34-35,37-38,48,50,54,56,60,62,66,68,77,80H,3-4,9-10,15-16,21-22,27-28,33,36,39-47,49,51-53,55,57-59,61,63-65,67,69-76H2,1-2H3/b7-5-,8-6-,13-11-,14-12-,19-17-,20-18-,25-23-,26-24-,31-29-,32-30-,35-34-,38-37-,50-48-,56-54-,62-60-,68-66-. The minimum absolute atomic E-state index is 0.0990. The minimum Gasteiger partial charge on any atom is -0.462 e. The molecule has 5 heteroatoms. The van der Waals surface area contributed by atoms with Crippen molar-refractivity contribution >= 4 is 11.9 Å². The molecule has 0 saturated carbocycles. The first-order valence-electron chi connectivity index (χ1n) is 34.0. The Morgan fingerprint density at radius 1 is 0.274 bits per heavy atom. The number of unbranched alkanes of at least 4 members (excludes halogenated alkanes) is 20. The summed E-state index contributed by atoms with van der Waals surface area (Å²) < 4.78 is 10.7. The van der Waals surface area contributed by atoms with E-state index in [1.54, 1.807) is 0 Å². The molecule has 0 amide bonds. The third-order valence-corrected chi connectivity index (χ3v) is 13.9.